The summed E-state index contributed by atoms with van der Waals surface area (Å²) in [5, 5.41) is 0.945. The predicted molar refractivity (Wildman–Crippen MR) is 73.1 cm³/mol. The number of esters is 1. The summed E-state index contributed by atoms with van der Waals surface area (Å²) >= 11 is 0. The van der Waals surface area contributed by atoms with Crippen molar-refractivity contribution in [2.75, 3.05) is 0 Å². The average Bonchev–Trinajstić information content (AvgIpc) is 2.48. The minimum Gasteiger partial charge on any atom is -0.421 e. The van der Waals surface area contributed by atoms with E-state index in [0.717, 1.165) is 10.9 Å². The highest BCUT2D eigenvalue weighted by molar-refractivity contribution is 5.91. The lowest BCUT2D eigenvalue weighted by Gasteiger charge is -2.05. The maximum atomic E-state index is 11.9. The molecule has 3 aromatic rings. The molecule has 0 saturated heterocycles. The molecule has 0 aliphatic carbocycles. The highest BCUT2D eigenvalue weighted by atomic mass is 16.5. The molecule has 1 aromatic heterocycles. The highest BCUT2D eigenvalue weighted by Crippen LogP contribution is 2.18. The molecule has 0 N–H and O–H groups in total. The largest absolute Gasteiger partial charge is 0.421 e. The van der Waals surface area contributed by atoms with E-state index in [2.05, 4.69) is 4.98 Å². The molecule has 0 fully saturated rings. The number of fused-ring (bicyclic) bond motifs is 1. The number of hydrogen-bond acceptors (Lipinski definition) is 3. The Morgan fingerprint density at radius 1 is 0.947 bits per heavy atom. The van der Waals surface area contributed by atoms with E-state index in [4.69, 9.17) is 4.74 Å². The van der Waals surface area contributed by atoms with Gasteiger partial charge in [-0.05, 0) is 24.3 Å². The number of pyridine rings is 1. The second-order valence-electron chi connectivity index (χ2n) is 4.12. The van der Waals surface area contributed by atoms with Crippen molar-refractivity contribution < 1.29 is 9.53 Å². The van der Waals surface area contributed by atoms with Gasteiger partial charge in [-0.25, -0.2) is 4.79 Å². The van der Waals surface area contributed by atoms with Crippen molar-refractivity contribution in [3.63, 3.8) is 0 Å². The topological polar surface area (TPSA) is 39.2 Å². The minimum absolute atomic E-state index is 0.377. The van der Waals surface area contributed by atoms with Crippen LogP contribution in [0.3, 0.4) is 0 Å². The molecule has 3 nitrogen and oxygen atoms in total. The van der Waals surface area contributed by atoms with Gasteiger partial charge in [0, 0.05) is 5.39 Å². The molecule has 0 aliphatic heterocycles. The molecule has 0 atom stereocenters. The number of aromatic nitrogens is 1. The number of carbonyl (C=O) groups is 1. The lowest BCUT2D eigenvalue weighted by atomic mass is 10.2. The van der Waals surface area contributed by atoms with Crippen molar-refractivity contribution in [1.29, 1.82) is 0 Å². The Kier molecular flexibility index (Phi) is 2.94. The van der Waals surface area contributed by atoms with E-state index in [0.29, 0.717) is 11.3 Å². The second-order valence-corrected chi connectivity index (χ2v) is 4.12. The molecule has 0 aliphatic rings. The molecule has 3 heteroatoms. The fraction of sp³-hybridized carbons (Fsp3) is 0. The fourth-order valence-corrected chi connectivity index (χ4v) is 1.85. The molecule has 92 valence electrons. The molecule has 1 heterocycles. The summed E-state index contributed by atoms with van der Waals surface area (Å²) in [6.45, 7) is 0. The van der Waals surface area contributed by atoms with Gasteiger partial charge in [0.2, 0.25) is 0 Å². The van der Waals surface area contributed by atoms with Crippen LogP contribution in [0.1, 0.15) is 10.4 Å². The number of rotatable bonds is 2. The zero-order valence-corrected chi connectivity index (χ0v) is 10.1. The van der Waals surface area contributed by atoms with Gasteiger partial charge in [-0.2, -0.15) is 0 Å². The number of carbonyl (C=O) groups excluding carboxylic acids is 1. The molecule has 19 heavy (non-hydrogen) atoms. The third kappa shape index (κ3) is 2.45. The van der Waals surface area contributed by atoms with Crippen LogP contribution in [-0.4, -0.2) is 11.0 Å². The van der Waals surface area contributed by atoms with Gasteiger partial charge >= 0.3 is 5.97 Å². The summed E-state index contributed by atoms with van der Waals surface area (Å²) in [7, 11) is 0. The van der Waals surface area contributed by atoms with E-state index in [-0.39, 0.29) is 5.97 Å². The van der Waals surface area contributed by atoms with Gasteiger partial charge in [0.1, 0.15) is 5.75 Å². The molecule has 0 unspecified atom stereocenters. The first-order valence-electron chi connectivity index (χ1n) is 5.95. The van der Waals surface area contributed by atoms with Crippen LogP contribution in [0.5, 0.6) is 5.75 Å². The van der Waals surface area contributed by atoms with Crippen molar-refractivity contribution in [2.24, 2.45) is 0 Å². The smallest absolute Gasteiger partial charge is 0.343 e. The zero-order chi connectivity index (χ0) is 13.1. The Hall–Kier alpha value is -2.68. The van der Waals surface area contributed by atoms with Crippen LogP contribution in [0.15, 0.2) is 66.9 Å². The Morgan fingerprint density at radius 2 is 1.68 bits per heavy atom. The SMILES string of the molecule is O=C(Oc1cnc2ccccc2c1)c1ccccc1. The van der Waals surface area contributed by atoms with E-state index in [1.165, 1.54) is 0 Å². The lowest BCUT2D eigenvalue weighted by Crippen LogP contribution is -2.08. The van der Waals surface area contributed by atoms with Crippen LogP contribution in [-0.2, 0) is 0 Å². The number of para-hydroxylation sites is 1. The van der Waals surface area contributed by atoms with Crippen LogP contribution < -0.4 is 4.74 Å². The summed E-state index contributed by atoms with van der Waals surface area (Å²) in [6, 6.07) is 18.4. The Bertz CT molecular complexity index is 723. The van der Waals surface area contributed by atoms with Crippen LogP contribution in [0, 0.1) is 0 Å². The van der Waals surface area contributed by atoms with Gasteiger partial charge in [-0.3, -0.25) is 4.98 Å². The van der Waals surface area contributed by atoms with Gasteiger partial charge < -0.3 is 4.74 Å². The second kappa shape index (κ2) is 4.90. The third-order valence-corrected chi connectivity index (χ3v) is 2.79. The van der Waals surface area contributed by atoms with Crippen LogP contribution in [0.4, 0.5) is 0 Å². The molecule has 0 bridgehead atoms. The van der Waals surface area contributed by atoms with E-state index in [1.54, 1.807) is 30.5 Å². The Balaban J connectivity index is 1.87. The Labute approximate surface area is 110 Å². The monoisotopic (exact) mass is 249 g/mol. The van der Waals surface area contributed by atoms with Crippen molar-refractivity contribution >= 4 is 16.9 Å². The zero-order valence-electron chi connectivity index (χ0n) is 10.1. The molecule has 0 amide bonds. The van der Waals surface area contributed by atoms with Crippen molar-refractivity contribution in [3.8, 4) is 5.75 Å². The number of benzene rings is 2. The molecular weight excluding hydrogens is 238 g/mol. The first-order valence-corrected chi connectivity index (χ1v) is 5.95. The molecule has 0 radical (unpaired) electrons. The van der Waals surface area contributed by atoms with Crippen molar-refractivity contribution in [1.82, 2.24) is 4.98 Å². The number of hydrogen-bond donors (Lipinski definition) is 0. The van der Waals surface area contributed by atoms with Gasteiger partial charge in [0.05, 0.1) is 17.3 Å². The predicted octanol–water partition coefficient (Wildman–Crippen LogP) is 3.45. The number of nitrogens with zero attached hydrogens (tertiary/aromatic N) is 1. The molecule has 0 saturated carbocycles. The normalized spacial score (nSPS) is 10.3. The lowest BCUT2D eigenvalue weighted by molar-refractivity contribution is 0.0734. The van der Waals surface area contributed by atoms with Gasteiger partial charge in [0.15, 0.2) is 0 Å². The Morgan fingerprint density at radius 3 is 2.53 bits per heavy atom. The summed E-state index contributed by atoms with van der Waals surface area (Å²) in [5.41, 5.74) is 1.40. The van der Waals surface area contributed by atoms with Crippen molar-refractivity contribution in [2.45, 2.75) is 0 Å². The molecule has 0 spiro atoms. The van der Waals surface area contributed by atoms with Crippen molar-refractivity contribution in [3.05, 3.63) is 72.4 Å². The number of ether oxygens (including phenoxy) is 1. The maximum Gasteiger partial charge on any atom is 0.343 e. The highest BCUT2D eigenvalue weighted by Gasteiger charge is 2.08. The summed E-state index contributed by atoms with van der Waals surface area (Å²) in [4.78, 5) is 16.2. The summed E-state index contributed by atoms with van der Waals surface area (Å²) in [6.07, 6.45) is 1.56. The summed E-state index contributed by atoms with van der Waals surface area (Å²) in [5.74, 6) is 0.0743. The molecule has 2 aromatic carbocycles. The van der Waals surface area contributed by atoms with Gasteiger partial charge in [-0.15, -0.1) is 0 Å². The molecule has 3 rings (SSSR count). The maximum absolute atomic E-state index is 11.9. The van der Waals surface area contributed by atoms with Gasteiger partial charge in [-0.1, -0.05) is 36.4 Å². The first-order chi connectivity index (χ1) is 9.33. The third-order valence-electron chi connectivity index (χ3n) is 2.79. The standard InChI is InChI=1S/C16H11NO2/c18-16(12-6-2-1-3-7-12)19-14-10-13-8-4-5-9-15(13)17-11-14/h1-11H. The quantitative estimate of drug-likeness (QED) is 0.653. The van der Waals surface area contributed by atoms with E-state index in [9.17, 15) is 4.79 Å². The summed E-state index contributed by atoms with van der Waals surface area (Å²) < 4.78 is 5.31. The van der Waals surface area contributed by atoms with E-state index >= 15 is 0 Å². The molecular formula is C16H11NO2. The van der Waals surface area contributed by atoms with E-state index in [1.807, 2.05) is 36.4 Å². The minimum atomic E-state index is -0.377. The fourth-order valence-electron chi connectivity index (χ4n) is 1.85. The van der Waals surface area contributed by atoms with E-state index < -0.39 is 0 Å². The van der Waals surface area contributed by atoms with Crippen LogP contribution >= 0.6 is 0 Å². The van der Waals surface area contributed by atoms with Gasteiger partial charge in [0.25, 0.3) is 0 Å². The van der Waals surface area contributed by atoms with Crippen LogP contribution in [0.25, 0.3) is 10.9 Å². The first kappa shape index (κ1) is 11.4. The van der Waals surface area contributed by atoms with Crippen LogP contribution in [0.2, 0.25) is 0 Å². The average molecular weight is 249 g/mol.